The van der Waals surface area contributed by atoms with Gasteiger partial charge >= 0.3 is 0 Å². The molecule has 7 rings (SSSR count). The highest BCUT2D eigenvalue weighted by atomic mass is 16.3. The van der Waals surface area contributed by atoms with Crippen molar-refractivity contribution in [1.29, 1.82) is 0 Å². The third kappa shape index (κ3) is 2.57. The molecular weight excluding hydrogens is 486 g/mol. The topological polar surface area (TPSA) is 116 Å². The van der Waals surface area contributed by atoms with Gasteiger partial charge in [-0.3, -0.25) is 28.6 Å². The van der Waals surface area contributed by atoms with Crippen LogP contribution in [-0.4, -0.2) is 60.9 Å². The van der Waals surface area contributed by atoms with Gasteiger partial charge in [0.25, 0.3) is 11.5 Å². The molecule has 1 aromatic heterocycles. The molecular formula is C28H25N5O5. The van der Waals surface area contributed by atoms with Crippen LogP contribution in [0.25, 0.3) is 16.6 Å². The minimum atomic E-state index is -1.83. The largest absolute Gasteiger partial charge is 0.381 e. The Kier molecular flexibility index (Phi) is 4.31. The molecule has 0 radical (unpaired) electrons. The first-order valence-electron chi connectivity index (χ1n) is 12.6. The van der Waals surface area contributed by atoms with Gasteiger partial charge in [-0.1, -0.05) is 36.9 Å². The van der Waals surface area contributed by atoms with Gasteiger partial charge in [0.05, 0.1) is 22.3 Å². The van der Waals surface area contributed by atoms with Crippen LogP contribution in [0.4, 0.5) is 5.69 Å². The second kappa shape index (κ2) is 7.16. The van der Waals surface area contributed by atoms with E-state index in [4.69, 9.17) is 0 Å². The molecule has 3 atom stereocenters. The summed E-state index contributed by atoms with van der Waals surface area (Å²) >= 11 is 0. The molecule has 10 heteroatoms. The average molecular weight is 512 g/mol. The van der Waals surface area contributed by atoms with Crippen molar-refractivity contribution in [1.82, 2.24) is 19.4 Å². The van der Waals surface area contributed by atoms with Crippen LogP contribution in [0, 0.1) is 0 Å². The van der Waals surface area contributed by atoms with E-state index in [-0.39, 0.29) is 29.8 Å². The van der Waals surface area contributed by atoms with Gasteiger partial charge < -0.3 is 14.9 Å². The molecule has 2 fully saturated rings. The maximum Gasteiger partial charge on any atom is 0.262 e. The number of aliphatic hydroxyl groups is 1. The normalized spacial score (nSPS) is 26.7. The number of carbonyl (C=O) groups excluding carboxylic acids is 3. The van der Waals surface area contributed by atoms with Gasteiger partial charge in [-0.05, 0) is 31.0 Å². The second-order valence-electron chi connectivity index (χ2n) is 10.6. The van der Waals surface area contributed by atoms with Crippen molar-refractivity contribution in [2.24, 2.45) is 0 Å². The molecule has 3 aliphatic heterocycles. The molecule has 1 N–H and O–H groups in total. The van der Waals surface area contributed by atoms with Gasteiger partial charge in [-0.15, -0.1) is 0 Å². The highest BCUT2D eigenvalue weighted by Crippen LogP contribution is 2.60. The number of hydrogen-bond donors (Lipinski definition) is 1. The number of aromatic nitrogens is 2. The molecule has 38 heavy (non-hydrogen) atoms. The zero-order valence-electron chi connectivity index (χ0n) is 20.9. The summed E-state index contributed by atoms with van der Waals surface area (Å²) in [5.41, 5.74) is -1.54. The molecule has 1 saturated heterocycles. The molecule has 0 bridgehead atoms. The lowest BCUT2D eigenvalue weighted by atomic mass is 9.84. The van der Waals surface area contributed by atoms with Gasteiger partial charge in [-0.25, -0.2) is 4.98 Å². The van der Waals surface area contributed by atoms with Gasteiger partial charge in [0.15, 0.2) is 5.82 Å². The fourth-order valence-electron chi connectivity index (χ4n) is 6.64. The van der Waals surface area contributed by atoms with Gasteiger partial charge in [-0.2, -0.15) is 0 Å². The molecule has 192 valence electrons. The van der Waals surface area contributed by atoms with Crippen molar-refractivity contribution in [2.45, 2.75) is 49.5 Å². The molecule has 2 aromatic carbocycles. The zero-order valence-corrected chi connectivity index (χ0v) is 20.9. The first kappa shape index (κ1) is 22.9. The maximum absolute atomic E-state index is 13.8. The molecule has 1 saturated carbocycles. The highest BCUT2D eigenvalue weighted by molar-refractivity contribution is 6.10. The van der Waals surface area contributed by atoms with Gasteiger partial charge in [0, 0.05) is 26.0 Å². The van der Waals surface area contributed by atoms with Crippen molar-refractivity contribution in [3.63, 3.8) is 0 Å². The minimum absolute atomic E-state index is 0.230. The number of rotatable bonds is 2. The van der Waals surface area contributed by atoms with Crippen LogP contribution in [0.15, 0.2) is 59.9 Å². The van der Waals surface area contributed by atoms with E-state index < -0.39 is 34.8 Å². The van der Waals surface area contributed by atoms with Crippen LogP contribution in [0.5, 0.6) is 0 Å². The van der Waals surface area contributed by atoms with Gasteiger partial charge in [0.2, 0.25) is 11.8 Å². The molecule has 4 heterocycles. The summed E-state index contributed by atoms with van der Waals surface area (Å²) in [7, 11) is 1.56. The van der Waals surface area contributed by atoms with E-state index in [1.807, 2.05) is 0 Å². The first-order valence-corrected chi connectivity index (χ1v) is 12.6. The molecule has 1 aliphatic carbocycles. The van der Waals surface area contributed by atoms with Crippen molar-refractivity contribution < 1.29 is 19.5 Å². The number of benzene rings is 2. The summed E-state index contributed by atoms with van der Waals surface area (Å²) in [5.74, 6) is -0.768. The monoisotopic (exact) mass is 511 g/mol. The number of nitrogens with zero attached hydrogens (tertiary/aromatic N) is 5. The number of para-hydroxylation sites is 2. The van der Waals surface area contributed by atoms with E-state index >= 15 is 0 Å². The third-order valence-corrected chi connectivity index (χ3v) is 8.59. The van der Waals surface area contributed by atoms with Crippen LogP contribution < -0.4 is 10.5 Å². The second-order valence-corrected chi connectivity index (χ2v) is 10.6. The van der Waals surface area contributed by atoms with Crippen LogP contribution in [-0.2, 0) is 20.0 Å². The Morgan fingerprint density at radius 3 is 2.50 bits per heavy atom. The molecule has 3 aromatic rings. The fourth-order valence-corrected chi connectivity index (χ4v) is 6.64. The third-order valence-electron chi connectivity index (χ3n) is 8.59. The number of carbonyl (C=O) groups is 3. The Hall–Kier alpha value is -4.31. The van der Waals surface area contributed by atoms with Crippen LogP contribution >= 0.6 is 0 Å². The maximum atomic E-state index is 13.8. The highest BCUT2D eigenvalue weighted by Gasteiger charge is 2.73. The lowest BCUT2D eigenvalue weighted by Crippen LogP contribution is -2.56. The van der Waals surface area contributed by atoms with Gasteiger partial charge in [0.1, 0.15) is 23.3 Å². The predicted octanol–water partition coefficient (Wildman–Crippen LogP) is 1.73. The number of amides is 3. The van der Waals surface area contributed by atoms with E-state index in [0.29, 0.717) is 35.0 Å². The number of hydrogen-bond acceptors (Lipinski definition) is 6. The number of likely N-dealkylation sites (N-methyl/N-ethyl adjacent to an activating group) is 1. The first-order chi connectivity index (χ1) is 18.1. The summed E-state index contributed by atoms with van der Waals surface area (Å²) in [5, 5.41) is 12.9. The summed E-state index contributed by atoms with van der Waals surface area (Å²) in [6.45, 7) is 5.38. The van der Waals surface area contributed by atoms with E-state index in [1.165, 1.54) is 26.2 Å². The standard InChI is InChI=1S/C28H25N5O5/c1-15-22-29-19-10-6-4-8-17(19)23(35)31(22)21(24(36)30(15)3)14-28(38)18-9-5-7-11-20(18)32-25(28)33(16(2)34)27(12-13-27)26(32)37/h4-11,21,25,38H,1,12-14H2,2-3H3. The Morgan fingerprint density at radius 2 is 1.79 bits per heavy atom. The van der Waals surface area contributed by atoms with E-state index in [9.17, 15) is 24.3 Å². The average Bonchev–Trinajstić information content (AvgIpc) is 3.60. The van der Waals surface area contributed by atoms with Crippen molar-refractivity contribution >= 4 is 40.0 Å². The molecule has 3 amide bonds. The molecule has 4 aliphatic rings. The Balaban J connectivity index is 1.45. The Labute approximate surface area is 217 Å². The molecule has 10 nitrogen and oxygen atoms in total. The SMILES string of the molecule is C=C1c2nc3ccccc3c(=O)n2C(CC2(O)c3ccccc3N3C(=O)C4(CC4)N(C(C)=O)C32)C(=O)N1C. The van der Waals surface area contributed by atoms with Crippen LogP contribution in [0.1, 0.15) is 43.6 Å². The zero-order chi connectivity index (χ0) is 26.7. The Morgan fingerprint density at radius 1 is 1.11 bits per heavy atom. The summed E-state index contributed by atoms with van der Waals surface area (Å²) < 4.78 is 1.30. The quantitative estimate of drug-likeness (QED) is 0.560. The van der Waals surface area contributed by atoms with Crippen molar-refractivity contribution in [3.8, 4) is 0 Å². The lowest BCUT2D eigenvalue weighted by molar-refractivity contribution is -0.144. The smallest absolute Gasteiger partial charge is 0.262 e. The summed E-state index contributed by atoms with van der Waals surface area (Å²) in [6.07, 6.45) is -0.260. The van der Waals surface area contributed by atoms with Crippen molar-refractivity contribution in [2.75, 3.05) is 11.9 Å². The number of fused-ring (bicyclic) bond motifs is 5. The van der Waals surface area contributed by atoms with E-state index in [2.05, 4.69) is 11.6 Å². The lowest BCUT2D eigenvalue weighted by Gasteiger charge is -2.41. The van der Waals surface area contributed by atoms with Crippen LogP contribution in [0.2, 0.25) is 0 Å². The number of anilines is 1. The van der Waals surface area contributed by atoms with Crippen molar-refractivity contribution in [3.05, 3.63) is 76.9 Å². The summed E-state index contributed by atoms with van der Waals surface area (Å²) in [6, 6.07) is 12.7. The van der Waals surface area contributed by atoms with E-state index in [1.54, 1.807) is 55.6 Å². The van der Waals surface area contributed by atoms with Crippen LogP contribution in [0.3, 0.4) is 0 Å². The van der Waals surface area contributed by atoms with E-state index in [0.717, 1.165) is 0 Å². The Bertz CT molecular complexity index is 1690. The minimum Gasteiger partial charge on any atom is -0.381 e. The molecule has 1 spiro atoms. The predicted molar refractivity (Wildman–Crippen MR) is 138 cm³/mol. The fraction of sp³-hybridized carbons (Fsp3) is 0.321. The summed E-state index contributed by atoms with van der Waals surface area (Å²) in [4.78, 5) is 63.1. The molecule has 3 unspecified atom stereocenters.